The Bertz CT molecular complexity index is 458. The molecule has 1 rings (SSSR count). The average molecular weight is 277 g/mol. The van der Waals surface area contributed by atoms with Gasteiger partial charge in [0, 0.05) is 5.56 Å². The molecule has 0 N–H and O–H groups in total. The second-order valence-electron chi connectivity index (χ2n) is 4.08. The Morgan fingerprint density at radius 1 is 1.37 bits per heavy atom. The highest BCUT2D eigenvalue weighted by atomic mass is 19.4. The van der Waals surface area contributed by atoms with Gasteiger partial charge >= 0.3 is 12.1 Å². The maximum Gasteiger partial charge on any atom is 0.433 e. The van der Waals surface area contributed by atoms with Crippen LogP contribution in [-0.4, -0.2) is 24.2 Å². The topological polar surface area (TPSA) is 48.4 Å². The second-order valence-corrected chi connectivity index (χ2v) is 4.08. The number of halogens is 3. The molecule has 0 aliphatic rings. The van der Waals surface area contributed by atoms with E-state index in [-0.39, 0.29) is 24.0 Å². The van der Waals surface area contributed by atoms with Crippen molar-refractivity contribution in [1.29, 1.82) is 0 Å². The summed E-state index contributed by atoms with van der Waals surface area (Å²) in [5.41, 5.74) is -0.813. The van der Waals surface area contributed by atoms with E-state index in [0.717, 1.165) is 12.1 Å². The number of esters is 1. The molecule has 19 heavy (non-hydrogen) atoms. The van der Waals surface area contributed by atoms with Crippen molar-refractivity contribution in [3.05, 3.63) is 23.4 Å². The number of hydrogen-bond acceptors (Lipinski definition) is 4. The van der Waals surface area contributed by atoms with E-state index in [2.05, 4.69) is 4.98 Å². The molecule has 4 nitrogen and oxygen atoms in total. The van der Waals surface area contributed by atoms with E-state index in [4.69, 9.17) is 9.47 Å². The zero-order chi connectivity index (χ0) is 14.6. The van der Waals surface area contributed by atoms with Gasteiger partial charge in [0.2, 0.25) is 5.88 Å². The van der Waals surface area contributed by atoms with Gasteiger partial charge in [0.1, 0.15) is 5.69 Å². The summed E-state index contributed by atoms with van der Waals surface area (Å²) < 4.78 is 47.1. The monoisotopic (exact) mass is 277 g/mol. The van der Waals surface area contributed by atoms with Crippen molar-refractivity contribution in [1.82, 2.24) is 4.98 Å². The van der Waals surface area contributed by atoms with Crippen molar-refractivity contribution in [2.24, 2.45) is 0 Å². The van der Waals surface area contributed by atoms with Crippen molar-refractivity contribution in [2.45, 2.75) is 32.5 Å². The van der Waals surface area contributed by atoms with Gasteiger partial charge in [-0.2, -0.15) is 13.2 Å². The lowest BCUT2D eigenvalue weighted by molar-refractivity contribution is -0.146. The maximum atomic E-state index is 12.5. The molecule has 0 amide bonds. The molecular formula is C12H14F3NO3. The van der Waals surface area contributed by atoms with Crippen LogP contribution in [0.3, 0.4) is 0 Å². The Kier molecular flexibility index (Phi) is 4.74. The first-order chi connectivity index (χ1) is 8.74. The van der Waals surface area contributed by atoms with Gasteiger partial charge < -0.3 is 9.47 Å². The Labute approximate surface area is 108 Å². The lowest BCUT2D eigenvalue weighted by atomic mass is 10.2. The molecule has 1 aromatic heterocycles. The molecule has 0 aromatic carbocycles. The summed E-state index contributed by atoms with van der Waals surface area (Å²) in [7, 11) is 1.19. The molecule has 7 heteroatoms. The first-order valence-corrected chi connectivity index (χ1v) is 5.54. The number of carbonyl (C=O) groups is 1. The predicted molar refractivity (Wildman–Crippen MR) is 60.7 cm³/mol. The summed E-state index contributed by atoms with van der Waals surface area (Å²) in [6.45, 7) is 3.36. The number of rotatable bonds is 4. The number of ether oxygens (including phenoxy) is 2. The molecule has 0 aliphatic heterocycles. The van der Waals surface area contributed by atoms with E-state index in [0.29, 0.717) is 0 Å². The molecule has 0 atom stereocenters. The van der Waals surface area contributed by atoms with Crippen LogP contribution in [0.1, 0.15) is 25.1 Å². The fourth-order valence-electron chi connectivity index (χ4n) is 1.40. The Morgan fingerprint density at radius 2 is 2.00 bits per heavy atom. The largest absolute Gasteiger partial charge is 0.481 e. The van der Waals surface area contributed by atoms with Crippen LogP contribution in [0.25, 0.3) is 0 Å². The minimum absolute atomic E-state index is 0.188. The quantitative estimate of drug-likeness (QED) is 0.794. The Balaban J connectivity index is 2.94. The van der Waals surface area contributed by atoms with Crippen LogP contribution in [0.15, 0.2) is 12.1 Å². The van der Waals surface area contributed by atoms with Gasteiger partial charge in [-0.1, -0.05) is 6.07 Å². The van der Waals surface area contributed by atoms with Gasteiger partial charge in [0.25, 0.3) is 0 Å². The number of carbonyl (C=O) groups excluding carboxylic acids is 1. The van der Waals surface area contributed by atoms with Crippen molar-refractivity contribution in [3.8, 4) is 5.88 Å². The summed E-state index contributed by atoms with van der Waals surface area (Å²) >= 11 is 0. The predicted octanol–water partition coefficient (Wildman–Crippen LogP) is 2.60. The van der Waals surface area contributed by atoms with Crippen LogP contribution in [0.2, 0.25) is 0 Å². The zero-order valence-electron chi connectivity index (χ0n) is 10.7. The van der Waals surface area contributed by atoms with Gasteiger partial charge in [0.05, 0.1) is 19.6 Å². The van der Waals surface area contributed by atoms with E-state index in [9.17, 15) is 18.0 Å². The highest BCUT2D eigenvalue weighted by Gasteiger charge is 2.33. The highest BCUT2D eigenvalue weighted by molar-refractivity contribution is 5.73. The van der Waals surface area contributed by atoms with Crippen LogP contribution in [0.4, 0.5) is 13.2 Å². The Hall–Kier alpha value is -1.79. The van der Waals surface area contributed by atoms with Crippen molar-refractivity contribution < 1.29 is 27.4 Å². The molecule has 106 valence electrons. The van der Waals surface area contributed by atoms with E-state index >= 15 is 0 Å². The molecule has 0 fully saturated rings. The minimum atomic E-state index is -4.55. The fraction of sp³-hybridized carbons (Fsp3) is 0.500. The zero-order valence-corrected chi connectivity index (χ0v) is 10.7. The number of hydrogen-bond donors (Lipinski definition) is 0. The molecule has 0 saturated heterocycles. The van der Waals surface area contributed by atoms with Crippen LogP contribution in [0, 0.1) is 0 Å². The lowest BCUT2D eigenvalue weighted by Gasteiger charge is -2.12. The third-order valence-corrected chi connectivity index (χ3v) is 2.12. The summed E-state index contributed by atoms with van der Waals surface area (Å²) in [4.78, 5) is 14.8. The first-order valence-electron chi connectivity index (χ1n) is 5.54. The normalized spacial score (nSPS) is 11.5. The van der Waals surface area contributed by atoms with Crippen molar-refractivity contribution in [3.63, 3.8) is 0 Å². The second kappa shape index (κ2) is 5.90. The van der Waals surface area contributed by atoms with Gasteiger partial charge in [-0.25, -0.2) is 4.98 Å². The molecule has 0 aliphatic carbocycles. The summed E-state index contributed by atoms with van der Waals surface area (Å²) in [6, 6.07) is 1.97. The molecule has 1 heterocycles. The number of alkyl halides is 3. The smallest absolute Gasteiger partial charge is 0.433 e. The standard InChI is InChI=1S/C12H14F3NO3/c1-7(2)19-10(17)6-8-4-5-9(12(13,14)15)16-11(8)18-3/h4-5,7H,6H2,1-3H3. The summed E-state index contributed by atoms with van der Waals surface area (Å²) in [5.74, 6) is -0.773. The third kappa shape index (κ3) is 4.42. The molecule has 0 unspecified atom stereocenters. The number of pyridine rings is 1. The maximum absolute atomic E-state index is 12.5. The lowest BCUT2D eigenvalue weighted by Crippen LogP contribution is -2.15. The van der Waals surface area contributed by atoms with Crippen molar-refractivity contribution >= 4 is 5.97 Å². The molecule has 0 bridgehead atoms. The number of methoxy groups -OCH3 is 1. The summed E-state index contributed by atoms with van der Waals surface area (Å²) in [5, 5.41) is 0. The first kappa shape index (κ1) is 15.3. The van der Waals surface area contributed by atoms with Gasteiger partial charge in [0.15, 0.2) is 0 Å². The van der Waals surface area contributed by atoms with E-state index in [1.165, 1.54) is 7.11 Å². The van der Waals surface area contributed by atoms with Crippen LogP contribution < -0.4 is 4.74 Å². The molecule has 0 saturated carbocycles. The average Bonchev–Trinajstić information content (AvgIpc) is 2.26. The third-order valence-electron chi connectivity index (χ3n) is 2.12. The molecule has 1 aromatic rings. The molecular weight excluding hydrogens is 263 g/mol. The van der Waals surface area contributed by atoms with Crippen LogP contribution in [0.5, 0.6) is 5.88 Å². The number of nitrogens with zero attached hydrogens (tertiary/aromatic N) is 1. The molecule has 0 spiro atoms. The minimum Gasteiger partial charge on any atom is -0.481 e. The summed E-state index contributed by atoms with van der Waals surface area (Å²) in [6.07, 6.45) is -5.03. The van der Waals surface area contributed by atoms with Gasteiger partial charge in [-0.3, -0.25) is 4.79 Å². The van der Waals surface area contributed by atoms with E-state index in [1.54, 1.807) is 13.8 Å². The fourth-order valence-corrected chi connectivity index (χ4v) is 1.40. The van der Waals surface area contributed by atoms with Gasteiger partial charge in [-0.05, 0) is 19.9 Å². The SMILES string of the molecule is COc1nc(C(F)(F)F)ccc1CC(=O)OC(C)C. The molecule has 0 radical (unpaired) electrons. The van der Waals surface area contributed by atoms with Gasteiger partial charge in [-0.15, -0.1) is 0 Å². The highest BCUT2D eigenvalue weighted by Crippen LogP contribution is 2.30. The van der Waals surface area contributed by atoms with Crippen LogP contribution in [-0.2, 0) is 22.1 Å². The van der Waals surface area contributed by atoms with E-state index < -0.39 is 17.8 Å². The van der Waals surface area contributed by atoms with Crippen LogP contribution >= 0.6 is 0 Å². The van der Waals surface area contributed by atoms with E-state index in [1.807, 2.05) is 0 Å². The number of aromatic nitrogens is 1. The van der Waals surface area contributed by atoms with Crippen molar-refractivity contribution in [2.75, 3.05) is 7.11 Å². The Morgan fingerprint density at radius 3 is 2.47 bits per heavy atom.